The number of benzene rings is 12. The molecule has 0 spiro atoms. The maximum absolute atomic E-state index is 13.1. The Morgan fingerprint density at radius 2 is 0.453 bits per heavy atom. The molecule has 8 bridgehead atoms. The lowest BCUT2D eigenvalue weighted by Crippen LogP contribution is -2.06. The number of nitrogens with zero attached hydrogens (tertiary/aromatic N) is 6. The fraction of sp³-hybridized carbons (Fsp3) is 0.269. The Kier molecular flexibility index (Phi) is 27.9. The van der Waals surface area contributed by atoms with E-state index < -0.39 is 0 Å². The van der Waals surface area contributed by atoms with Gasteiger partial charge < -0.3 is 47.9 Å². The van der Waals surface area contributed by atoms with Gasteiger partial charge in [-0.05, 0) is 327 Å². The smallest absolute Gasteiger partial charge is 0.338 e. The van der Waals surface area contributed by atoms with Gasteiger partial charge in [0, 0.05) is 43.8 Å². The van der Waals surface area contributed by atoms with Crippen molar-refractivity contribution in [1.29, 1.82) is 0 Å². The second kappa shape index (κ2) is 40.6. The fourth-order valence-electron chi connectivity index (χ4n) is 16.1. The van der Waals surface area contributed by atoms with Gasteiger partial charge in [-0.3, -0.25) is 0 Å². The van der Waals surface area contributed by atoms with Crippen LogP contribution in [0.2, 0.25) is 0 Å². The summed E-state index contributed by atoms with van der Waals surface area (Å²) in [6, 6.07) is 60.2. The molecule has 2 aliphatic rings. The van der Waals surface area contributed by atoms with Crippen molar-refractivity contribution in [1.82, 2.24) is 39.9 Å². The van der Waals surface area contributed by atoms with Crippen LogP contribution in [0.4, 0.5) is 0 Å². The molecule has 2 N–H and O–H groups in total. The van der Waals surface area contributed by atoms with E-state index in [0.717, 1.165) is 172 Å². The van der Waals surface area contributed by atoms with Gasteiger partial charge in [0.15, 0.2) is 23.3 Å². The summed E-state index contributed by atoms with van der Waals surface area (Å²) in [5, 5.41) is 9.48. The summed E-state index contributed by atoms with van der Waals surface area (Å²) in [6.45, 7) is 10.2. The van der Waals surface area contributed by atoms with Crippen LogP contribution >= 0.6 is 63.7 Å². The molecule has 0 saturated heterocycles. The van der Waals surface area contributed by atoms with Gasteiger partial charge in [0.25, 0.3) is 0 Å². The number of nitrogens with one attached hydrogen (secondary N) is 2. The molecule has 650 valence electrons. The zero-order chi connectivity index (χ0) is 88.3. The minimum Gasteiger partial charge on any atom is -0.462 e. The summed E-state index contributed by atoms with van der Waals surface area (Å²) in [5.74, 6) is 4.07. The van der Waals surface area contributed by atoms with Gasteiger partial charge in [-0.1, -0.05) is 130 Å². The second-order valence-electron chi connectivity index (χ2n) is 32.4. The summed E-state index contributed by atoms with van der Waals surface area (Å²) in [6.07, 6.45) is 21.0. The highest BCUT2D eigenvalue weighted by atomic mass is 79.9. The van der Waals surface area contributed by atoms with Gasteiger partial charge in [-0.25, -0.2) is 49.1 Å². The first-order valence-electron chi connectivity index (χ1n) is 44.2. The van der Waals surface area contributed by atoms with E-state index in [1.54, 1.807) is 97.1 Å². The minimum atomic E-state index is -0.381. The standard InChI is InChI=1S/C104H94Br4N8O12/c1-5-9-13-17-21-41-121-101(117)61-25-33-73(34-26-61)125-89-57-69-49-81-77(45-65(69)53-85(89)105)93-109-97(81)113-94-78-46-66-54-86(106)90(126-74-35-27-62(28-36-74)102(118)122-42-22-18-14-10-6-2)58-70(66)50-82(78)99(110-94)115-96-80-48-68-56-88(108)92(128-76-39-31-64(32-40-76)104(120)124-44-24-20-16-12-8-4)60-72(68)52-84(80)100(112-96)116-95-79-47-67-55-87(107)91(59-71(67)51-83(79)98(111-95)114-93)127-75-37-29-63(30-38-75)103(119)123-43-23-19-15-11-7-3/h25-40,45-60H,5-24,41-44H2,1-4H3,(H2,109,110,111,112,113,114,115,116). The summed E-state index contributed by atoms with van der Waals surface area (Å²) in [4.78, 5) is 93.1. The number of aromatic nitrogens is 8. The number of halogens is 4. The molecule has 0 amide bonds. The number of ether oxygens (including phenoxy) is 8. The van der Waals surface area contributed by atoms with Gasteiger partial charge in [0.2, 0.25) is 0 Å². The van der Waals surface area contributed by atoms with Crippen LogP contribution in [0.5, 0.6) is 46.0 Å². The molecular formula is C104H94Br4N8O12. The quantitative estimate of drug-likeness (QED) is 0.0210. The number of carbonyl (C=O) groups is 4. The lowest BCUT2D eigenvalue weighted by Gasteiger charge is -2.11. The van der Waals surface area contributed by atoms with Gasteiger partial charge in [0.05, 0.1) is 66.6 Å². The lowest BCUT2D eigenvalue weighted by molar-refractivity contribution is 0.0488. The first-order chi connectivity index (χ1) is 62.5. The zero-order valence-electron chi connectivity index (χ0n) is 71.5. The molecule has 12 aromatic carbocycles. The maximum Gasteiger partial charge on any atom is 0.338 e. The Morgan fingerprint density at radius 1 is 0.250 bits per heavy atom. The fourth-order valence-corrected chi connectivity index (χ4v) is 17.8. The predicted molar refractivity (Wildman–Crippen MR) is 519 cm³/mol. The average molecular weight is 1970 g/mol. The number of unbranched alkanes of at least 4 members (excludes halogenated alkanes) is 16. The van der Waals surface area contributed by atoms with Crippen LogP contribution in [0, 0.1) is 0 Å². The Morgan fingerprint density at radius 3 is 0.680 bits per heavy atom. The van der Waals surface area contributed by atoms with Gasteiger partial charge in [-0.15, -0.1) is 0 Å². The van der Waals surface area contributed by atoms with Crippen molar-refractivity contribution in [2.75, 3.05) is 26.4 Å². The van der Waals surface area contributed by atoms with Crippen molar-refractivity contribution >= 4 is 175 Å². The first-order valence-corrected chi connectivity index (χ1v) is 47.4. The molecule has 15 aromatic rings. The lowest BCUT2D eigenvalue weighted by atomic mass is 10.0. The normalized spacial score (nSPS) is 11.7. The molecule has 0 atom stereocenters. The second-order valence-corrected chi connectivity index (χ2v) is 35.8. The molecule has 2 aliphatic heterocycles. The third kappa shape index (κ3) is 20.3. The van der Waals surface area contributed by atoms with Crippen molar-refractivity contribution in [3.63, 3.8) is 0 Å². The van der Waals surface area contributed by atoms with E-state index in [4.69, 9.17) is 67.8 Å². The Labute approximate surface area is 774 Å². The molecule has 20 nitrogen and oxygen atoms in total. The van der Waals surface area contributed by atoms with Crippen LogP contribution in [-0.4, -0.2) is 90.2 Å². The molecule has 0 unspecified atom stereocenters. The average Bonchev–Trinajstić information content (AvgIpc) is 1.58. The molecule has 0 saturated carbocycles. The molecule has 0 aliphatic carbocycles. The topological polar surface area (TPSA) is 251 Å². The number of carbonyl (C=O) groups excluding carboxylic acids is 4. The summed E-state index contributed by atoms with van der Waals surface area (Å²) >= 11 is 15.5. The van der Waals surface area contributed by atoms with Crippen LogP contribution in [0.3, 0.4) is 0 Å². The van der Waals surface area contributed by atoms with Gasteiger partial charge in [0.1, 0.15) is 68.6 Å². The van der Waals surface area contributed by atoms with Crippen molar-refractivity contribution in [2.45, 2.75) is 156 Å². The third-order valence-electron chi connectivity index (χ3n) is 23.1. The number of rotatable bonds is 36. The number of esters is 4. The Balaban J connectivity index is 0.806. The third-order valence-corrected chi connectivity index (χ3v) is 25.5. The van der Waals surface area contributed by atoms with E-state index >= 15 is 0 Å². The van der Waals surface area contributed by atoms with Crippen LogP contribution < -0.4 is 18.9 Å². The summed E-state index contributed by atoms with van der Waals surface area (Å²) in [7, 11) is 0. The van der Waals surface area contributed by atoms with Crippen LogP contribution in [0.25, 0.3) is 133 Å². The van der Waals surface area contributed by atoms with E-state index in [1.807, 2.05) is 60.7 Å². The number of fused-ring (bicyclic) bond motifs is 24. The highest BCUT2D eigenvalue weighted by Gasteiger charge is 2.27. The molecule has 3 aromatic heterocycles. The van der Waals surface area contributed by atoms with E-state index in [-0.39, 0.29) is 23.9 Å². The maximum atomic E-state index is 13.1. The molecular weight excluding hydrogens is 1870 g/mol. The first kappa shape index (κ1) is 88.1. The zero-order valence-corrected chi connectivity index (χ0v) is 77.9. The number of hydrogen-bond acceptors (Lipinski definition) is 18. The van der Waals surface area contributed by atoms with Crippen molar-refractivity contribution < 1.29 is 57.1 Å². The molecule has 0 radical (unpaired) electrons. The number of aromatic amines is 2. The van der Waals surface area contributed by atoms with Crippen LogP contribution in [-0.2, 0) is 18.9 Å². The van der Waals surface area contributed by atoms with Crippen molar-refractivity contribution in [3.8, 4) is 91.5 Å². The Bertz CT molecular complexity index is 6510. The predicted octanol–water partition coefficient (Wildman–Crippen LogP) is 30.2. The van der Waals surface area contributed by atoms with Crippen molar-refractivity contribution in [3.05, 3.63) is 234 Å². The van der Waals surface area contributed by atoms with E-state index in [0.29, 0.717) is 202 Å². The van der Waals surface area contributed by atoms with Gasteiger partial charge in [-0.2, -0.15) is 0 Å². The molecule has 0 fully saturated rings. The van der Waals surface area contributed by atoms with E-state index in [9.17, 15) is 19.2 Å². The highest BCUT2D eigenvalue weighted by Crippen LogP contribution is 2.47. The summed E-state index contributed by atoms with van der Waals surface area (Å²) < 4.78 is 51.7. The van der Waals surface area contributed by atoms with E-state index in [2.05, 4.69) is 138 Å². The van der Waals surface area contributed by atoms with Gasteiger partial charge >= 0.3 is 23.9 Å². The minimum absolute atomic E-state index is 0.351. The van der Waals surface area contributed by atoms with Crippen LogP contribution in [0.1, 0.15) is 198 Å². The molecule has 24 heteroatoms. The molecule has 17 rings (SSSR count). The number of hydrogen-bond donors (Lipinski definition) is 2. The molecule has 128 heavy (non-hydrogen) atoms. The number of H-pyrrole nitrogens is 2. The SMILES string of the molecule is CCCCCCCOC(=O)c1ccc(Oc2cc3cc4c(cc3cc2Br)-c2nc-4nc3[nH]c(nc4nc(nc5[nH]c(n2)c2cc6cc(Oc7ccc(C(=O)OCCCCCCC)cc7)c(Br)cc6cc52)-c2cc5cc(Oc6ccc(C(=O)OCCCCCCC)cc6)c(Br)cc5cc2-4)c2cc4cc(Oc5ccc(C(=O)OCCCCCCC)cc5)c(Br)cc4cc32)cc1. The van der Waals surface area contributed by atoms with Crippen LogP contribution in [0.15, 0.2) is 212 Å². The van der Waals surface area contributed by atoms with E-state index in [1.165, 1.54) is 0 Å². The monoisotopic (exact) mass is 1960 g/mol. The largest absolute Gasteiger partial charge is 0.462 e. The molecule has 5 heterocycles. The highest BCUT2D eigenvalue weighted by molar-refractivity contribution is 9.11. The van der Waals surface area contributed by atoms with Crippen molar-refractivity contribution in [2.24, 2.45) is 0 Å². The summed E-state index contributed by atoms with van der Waals surface area (Å²) in [5.41, 5.74) is 6.22. The Hall–Kier alpha value is -12.0.